The van der Waals surface area contributed by atoms with Gasteiger partial charge in [-0.25, -0.2) is 0 Å². The molecule has 2 nitrogen and oxygen atoms in total. The van der Waals surface area contributed by atoms with Crippen LogP contribution in [-0.2, 0) is 11.2 Å². The summed E-state index contributed by atoms with van der Waals surface area (Å²) in [4.78, 5) is 13.0. The molecule has 1 amide bonds. The van der Waals surface area contributed by atoms with Crippen molar-refractivity contribution in [3.63, 3.8) is 0 Å². The first kappa shape index (κ1) is 14.9. The number of hydrogen-bond donors (Lipinski definition) is 1. The van der Waals surface area contributed by atoms with Crippen LogP contribution in [0.25, 0.3) is 0 Å². The first-order chi connectivity index (χ1) is 9.67. The molecule has 0 fully saturated rings. The molecule has 0 atom stereocenters. The fraction of sp³-hybridized carbons (Fsp3) is 0.188. The molecule has 0 unspecified atom stereocenters. The number of benzene rings is 2. The zero-order chi connectivity index (χ0) is 14.4. The molecule has 4 heteroatoms. The zero-order valence-electron chi connectivity index (χ0n) is 11.2. The summed E-state index contributed by atoms with van der Waals surface area (Å²) in [6.07, 6.45) is 3.21. The third-order valence-electron chi connectivity index (χ3n) is 2.93. The summed E-state index contributed by atoms with van der Waals surface area (Å²) in [6.45, 7) is 0. The standard InChI is InChI=1S/C16H16ClNOS/c1-20-15-9-7-14(8-10-15)18-16(19)11-4-12-2-5-13(17)6-3-12/h2-3,5-10H,4,11H2,1H3,(H,18,19). The summed E-state index contributed by atoms with van der Waals surface area (Å²) in [5.74, 6) is 0.0249. The van der Waals surface area contributed by atoms with E-state index in [1.54, 1.807) is 11.8 Å². The Hall–Kier alpha value is -1.45. The van der Waals surface area contributed by atoms with E-state index >= 15 is 0 Å². The fourth-order valence-corrected chi connectivity index (χ4v) is 2.34. The minimum absolute atomic E-state index is 0.0249. The monoisotopic (exact) mass is 305 g/mol. The summed E-state index contributed by atoms with van der Waals surface area (Å²) in [6, 6.07) is 15.4. The topological polar surface area (TPSA) is 29.1 Å². The van der Waals surface area contributed by atoms with E-state index in [2.05, 4.69) is 5.32 Å². The van der Waals surface area contributed by atoms with Crippen LogP contribution in [0.2, 0.25) is 5.02 Å². The van der Waals surface area contributed by atoms with Crippen molar-refractivity contribution in [2.45, 2.75) is 17.7 Å². The Bertz CT molecular complexity index is 566. The van der Waals surface area contributed by atoms with Crippen LogP contribution in [0.5, 0.6) is 0 Å². The second-order valence-corrected chi connectivity index (χ2v) is 5.72. The predicted octanol–water partition coefficient (Wildman–Crippen LogP) is 4.63. The van der Waals surface area contributed by atoms with Gasteiger partial charge in [-0.1, -0.05) is 23.7 Å². The predicted molar refractivity (Wildman–Crippen MR) is 86.6 cm³/mol. The number of amides is 1. The second kappa shape index (κ2) is 7.36. The van der Waals surface area contributed by atoms with Crippen molar-refractivity contribution in [3.8, 4) is 0 Å². The summed E-state index contributed by atoms with van der Waals surface area (Å²) in [5.41, 5.74) is 1.95. The number of rotatable bonds is 5. The van der Waals surface area contributed by atoms with Crippen molar-refractivity contribution in [2.24, 2.45) is 0 Å². The van der Waals surface area contributed by atoms with Gasteiger partial charge in [0.2, 0.25) is 5.91 Å². The maximum Gasteiger partial charge on any atom is 0.224 e. The van der Waals surface area contributed by atoms with Crippen molar-refractivity contribution in [2.75, 3.05) is 11.6 Å². The minimum atomic E-state index is 0.0249. The van der Waals surface area contributed by atoms with Gasteiger partial charge >= 0.3 is 0 Å². The molecule has 20 heavy (non-hydrogen) atoms. The SMILES string of the molecule is CSc1ccc(NC(=O)CCc2ccc(Cl)cc2)cc1. The molecule has 0 spiro atoms. The third kappa shape index (κ3) is 4.58. The van der Waals surface area contributed by atoms with Crippen LogP contribution < -0.4 is 5.32 Å². The van der Waals surface area contributed by atoms with Gasteiger partial charge in [0, 0.05) is 22.0 Å². The third-order valence-corrected chi connectivity index (χ3v) is 3.92. The van der Waals surface area contributed by atoms with Crippen molar-refractivity contribution >= 4 is 35.0 Å². The molecule has 0 saturated heterocycles. The largest absolute Gasteiger partial charge is 0.326 e. The number of anilines is 1. The van der Waals surface area contributed by atoms with Gasteiger partial charge in [-0.15, -0.1) is 11.8 Å². The highest BCUT2D eigenvalue weighted by Gasteiger charge is 2.03. The second-order valence-electron chi connectivity index (χ2n) is 4.40. The van der Waals surface area contributed by atoms with Gasteiger partial charge in [0.05, 0.1) is 0 Å². The lowest BCUT2D eigenvalue weighted by molar-refractivity contribution is -0.116. The van der Waals surface area contributed by atoms with Crippen LogP contribution in [-0.4, -0.2) is 12.2 Å². The summed E-state index contributed by atoms with van der Waals surface area (Å²) >= 11 is 7.51. The van der Waals surface area contributed by atoms with E-state index in [0.29, 0.717) is 17.9 Å². The molecule has 104 valence electrons. The van der Waals surface area contributed by atoms with E-state index in [4.69, 9.17) is 11.6 Å². The van der Waals surface area contributed by atoms with Gasteiger partial charge in [0.1, 0.15) is 0 Å². The normalized spacial score (nSPS) is 10.3. The molecule has 0 heterocycles. The molecule has 0 saturated carbocycles. The molecule has 2 aromatic rings. The lowest BCUT2D eigenvalue weighted by Crippen LogP contribution is -2.12. The number of aryl methyl sites for hydroxylation is 1. The number of halogens is 1. The van der Waals surface area contributed by atoms with Crippen LogP contribution in [0, 0.1) is 0 Å². The smallest absolute Gasteiger partial charge is 0.224 e. The Morgan fingerprint density at radius 2 is 1.75 bits per heavy atom. The number of hydrogen-bond acceptors (Lipinski definition) is 2. The molecule has 0 aliphatic carbocycles. The lowest BCUT2D eigenvalue weighted by Gasteiger charge is -2.06. The summed E-state index contributed by atoms with van der Waals surface area (Å²) in [7, 11) is 0. The van der Waals surface area contributed by atoms with Gasteiger partial charge in [0.25, 0.3) is 0 Å². The van der Waals surface area contributed by atoms with Crippen LogP contribution in [0.1, 0.15) is 12.0 Å². The van der Waals surface area contributed by atoms with Gasteiger partial charge in [0.15, 0.2) is 0 Å². The Kier molecular flexibility index (Phi) is 5.50. The van der Waals surface area contributed by atoms with Gasteiger partial charge in [-0.2, -0.15) is 0 Å². The Morgan fingerprint density at radius 1 is 1.10 bits per heavy atom. The van der Waals surface area contributed by atoms with Crippen molar-refractivity contribution in [1.82, 2.24) is 0 Å². The zero-order valence-corrected chi connectivity index (χ0v) is 12.8. The van der Waals surface area contributed by atoms with E-state index < -0.39 is 0 Å². The maximum atomic E-state index is 11.9. The van der Waals surface area contributed by atoms with Gasteiger partial charge in [-0.3, -0.25) is 4.79 Å². The first-order valence-corrected chi connectivity index (χ1v) is 7.96. The van der Waals surface area contributed by atoms with Crippen LogP contribution in [0.4, 0.5) is 5.69 Å². The van der Waals surface area contributed by atoms with E-state index in [9.17, 15) is 4.79 Å². The molecule has 0 aromatic heterocycles. The quantitative estimate of drug-likeness (QED) is 0.816. The molecule has 1 N–H and O–H groups in total. The molecular formula is C16H16ClNOS. The number of thioether (sulfide) groups is 1. The summed E-state index contributed by atoms with van der Waals surface area (Å²) < 4.78 is 0. The molecule has 0 radical (unpaired) electrons. The van der Waals surface area contributed by atoms with E-state index in [0.717, 1.165) is 11.3 Å². The van der Waals surface area contributed by atoms with Crippen molar-refractivity contribution in [3.05, 3.63) is 59.1 Å². The Balaban J connectivity index is 1.84. The first-order valence-electron chi connectivity index (χ1n) is 6.36. The highest BCUT2D eigenvalue weighted by molar-refractivity contribution is 7.98. The van der Waals surface area contributed by atoms with Gasteiger partial charge < -0.3 is 5.32 Å². The van der Waals surface area contributed by atoms with Crippen molar-refractivity contribution in [1.29, 1.82) is 0 Å². The Labute approximate surface area is 128 Å². The van der Waals surface area contributed by atoms with Crippen LogP contribution in [0.3, 0.4) is 0 Å². The average molecular weight is 306 g/mol. The summed E-state index contributed by atoms with van der Waals surface area (Å²) in [5, 5.41) is 3.62. The lowest BCUT2D eigenvalue weighted by atomic mass is 10.1. The Morgan fingerprint density at radius 3 is 2.35 bits per heavy atom. The van der Waals surface area contributed by atoms with Gasteiger partial charge in [-0.05, 0) is 54.6 Å². The van der Waals surface area contributed by atoms with E-state index in [1.807, 2.05) is 54.8 Å². The molecule has 2 aromatic carbocycles. The number of nitrogens with one attached hydrogen (secondary N) is 1. The van der Waals surface area contributed by atoms with Crippen LogP contribution in [0.15, 0.2) is 53.4 Å². The van der Waals surface area contributed by atoms with Crippen molar-refractivity contribution < 1.29 is 4.79 Å². The molecule has 0 aliphatic rings. The maximum absolute atomic E-state index is 11.9. The molecular weight excluding hydrogens is 290 g/mol. The highest BCUT2D eigenvalue weighted by atomic mass is 35.5. The molecule has 0 aliphatic heterocycles. The van der Waals surface area contributed by atoms with E-state index in [-0.39, 0.29) is 5.91 Å². The molecule has 2 rings (SSSR count). The fourth-order valence-electron chi connectivity index (χ4n) is 1.81. The molecule has 0 bridgehead atoms. The average Bonchev–Trinajstić information content (AvgIpc) is 2.47. The highest BCUT2D eigenvalue weighted by Crippen LogP contribution is 2.18. The number of carbonyl (C=O) groups excluding carboxylic acids is 1. The van der Waals surface area contributed by atoms with E-state index in [1.165, 1.54) is 4.90 Å². The van der Waals surface area contributed by atoms with Crippen LogP contribution >= 0.6 is 23.4 Å². The number of carbonyl (C=O) groups is 1. The minimum Gasteiger partial charge on any atom is -0.326 e.